The third kappa shape index (κ3) is 2.71. The van der Waals surface area contributed by atoms with Crippen molar-refractivity contribution in [2.24, 2.45) is 7.05 Å². The van der Waals surface area contributed by atoms with Crippen molar-refractivity contribution in [3.05, 3.63) is 78.2 Å². The molecule has 2 aromatic carbocycles. The summed E-state index contributed by atoms with van der Waals surface area (Å²) in [5, 5.41) is 17.2. The van der Waals surface area contributed by atoms with E-state index < -0.39 is 0 Å². The maximum Gasteiger partial charge on any atom is 0.178 e. The molecule has 0 atom stereocenters. The molecule has 0 bridgehead atoms. The Hall–Kier alpha value is -4.13. The first kappa shape index (κ1) is 16.8. The van der Waals surface area contributed by atoms with E-state index in [0.29, 0.717) is 5.82 Å². The van der Waals surface area contributed by atoms with Crippen molar-refractivity contribution >= 4 is 44.4 Å². The van der Waals surface area contributed by atoms with Gasteiger partial charge in [-0.1, -0.05) is 11.2 Å². The summed E-state index contributed by atoms with van der Waals surface area (Å²) in [5.41, 5.74) is 6.66. The van der Waals surface area contributed by atoms with Crippen LogP contribution in [0.1, 0.15) is 11.3 Å². The Bertz CT molecular complexity index is 1520. The molecule has 30 heavy (non-hydrogen) atoms. The third-order valence-electron chi connectivity index (χ3n) is 5.45. The van der Waals surface area contributed by atoms with Crippen molar-refractivity contribution in [3.8, 4) is 0 Å². The van der Waals surface area contributed by atoms with Crippen molar-refractivity contribution in [2.75, 3.05) is 5.32 Å². The fourth-order valence-electron chi connectivity index (χ4n) is 3.91. The zero-order valence-electron chi connectivity index (χ0n) is 16.3. The number of hydrogen-bond acceptors (Lipinski definition) is 5. The summed E-state index contributed by atoms with van der Waals surface area (Å²) in [7, 11) is 2.06. The van der Waals surface area contributed by atoms with E-state index in [9.17, 15) is 0 Å². The van der Waals surface area contributed by atoms with Gasteiger partial charge in [0.15, 0.2) is 11.4 Å². The van der Waals surface area contributed by atoms with E-state index in [1.165, 1.54) is 16.5 Å². The summed E-state index contributed by atoms with van der Waals surface area (Å²) in [5.74, 6) is 0.681. The summed E-state index contributed by atoms with van der Waals surface area (Å²) >= 11 is 0. The van der Waals surface area contributed by atoms with Gasteiger partial charge in [0.25, 0.3) is 0 Å². The first-order valence-corrected chi connectivity index (χ1v) is 9.73. The molecule has 0 radical (unpaired) electrons. The van der Waals surface area contributed by atoms with Crippen molar-refractivity contribution in [3.63, 3.8) is 0 Å². The van der Waals surface area contributed by atoms with Gasteiger partial charge in [-0.15, -0.1) is 0 Å². The first-order chi connectivity index (χ1) is 14.7. The molecule has 0 aliphatic heterocycles. The van der Waals surface area contributed by atoms with Crippen LogP contribution in [0.25, 0.3) is 32.9 Å². The molecule has 0 spiro atoms. The van der Waals surface area contributed by atoms with Crippen LogP contribution in [-0.2, 0) is 13.5 Å². The van der Waals surface area contributed by atoms with Crippen LogP contribution in [0.2, 0.25) is 0 Å². The SMILES string of the molecule is Cn1ccc2cc(Cc3noc4cc(Nc5n[nH]c6cccnc56)ccc34)ccc21. The summed E-state index contributed by atoms with van der Waals surface area (Å²) < 4.78 is 7.74. The van der Waals surface area contributed by atoms with Gasteiger partial charge in [0.2, 0.25) is 0 Å². The van der Waals surface area contributed by atoms with E-state index in [0.717, 1.165) is 39.8 Å². The number of pyridine rings is 1. The standard InChI is InChI=1S/C23H18N6O/c1-29-10-8-15-11-14(4-7-20(15)29)12-19-17-6-5-16(13-21(17)30-28-19)25-23-22-18(26-27-23)3-2-9-24-22/h2-11,13H,12H2,1H3,(H2,25,26,27). The second-order valence-corrected chi connectivity index (χ2v) is 7.43. The molecule has 0 aliphatic rings. The van der Waals surface area contributed by atoms with Gasteiger partial charge in [-0.05, 0) is 53.4 Å². The predicted octanol–water partition coefficient (Wildman–Crippen LogP) is 4.93. The topological polar surface area (TPSA) is 84.6 Å². The minimum atomic E-state index is 0.681. The van der Waals surface area contributed by atoms with Crippen LogP contribution in [0.3, 0.4) is 0 Å². The maximum atomic E-state index is 5.62. The third-order valence-corrected chi connectivity index (χ3v) is 5.45. The lowest BCUT2D eigenvalue weighted by atomic mass is 10.0. The smallest absolute Gasteiger partial charge is 0.178 e. The number of nitrogens with zero attached hydrogens (tertiary/aromatic N) is 4. The fourth-order valence-corrected chi connectivity index (χ4v) is 3.91. The molecular weight excluding hydrogens is 376 g/mol. The molecule has 0 unspecified atom stereocenters. The Morgan fingerprint density at radius 2 is 2.07 bits per heavy atom. The van der Waals surface area contributed by atoms with Gasteiger partial charge in [0.1, 0.15) is 5.52 Å². The molecular formula is C23H18N6O. The Morgan fingerprint density at radius 3 is 3.03 bits per heavy atom. The van der Waals surface area contributed by atoms with E-state index >= 15 is 0 Å². The second kappa shape index (κ2) is 6.45. The highest BCUT2D eigenvalue weighted by atomic mass is 16.5. The summed E-state index contributed by atoms with van der Waals surface area (Å²) in [6.07, 6.45) is 4.55. The molecule has 7 nitrogen and oxygen atoms in total. The van der Waals surface area contributed by atoms with Crippen LogP contribution in [-0.4, -0.2) is 24.9 Å². The zero-order chi connectivity index (χ0) is 20.1. The molecule has 7 heteroatoms. The maximum absolute atomic E-state index is 5.62. The molecule has 6 aromatic rings. The molecule has 0 aliphatic carbocycles. The molecule has 0 saturated heterocycles. The average Bonchev–Trinajstić information content (AvgIpc) is 3.46. The molecule has 4 aromatic heterocycles. The average molecular weight is 394 g/mol. The fraction of sp³-hybridized carbons (Fsp3) is 0.0870. The van der Waals surface area contributed by atoms with Gasteiger partial charge in [0.05, 0.1) is 11.2 Å². The van der Waals surface area contributed by atoms with Gasteiger partial charge in [0, 0.05) is 48.5 Å². The minimum Gasteiger partial charge on any atom is -0.356 e. The Balaban J connectivity index is 1.30. The number of hydrogen-bond donors (Lipinski definition) is 2. The number of aryl methyl sites for hydroxylation is 1. The molecule has 6 rings (SSSR count). The Morgan fingerprint density at radius 1 is 1.10 bits per heavy atom. The van der Waals surface area contributed by atoms with Crippen LogP contribution in [0.4, 0.5) is 11.5 Å². The Kier molecular flexibility index (Phi) is 3.61. The Labute approximate surface area is 171 Å². The number of H-pyrrole nitrogens is 1. The van der Waals surface area contributed by atoms with Gasteiger partial charge >= 0.3 is 0 Å². The van der Waals surface area contributed by atoms with Crippen LogP contribution >= 0.6 is 0 Å². The highest BCUT2D eigenvalue weighted by Gasteiger charge is 2.12. The number of anilines is 2. The van der Waals surface area contributed by atoms with Crippen LogP contribution in [0.15, 0.2) is 71.5 Å². The first-order valence-electron chi connectivity index (χ1n) is 9.73. The highest BCUT2D eigenvalue weighted by molar-refractivity contribution is 5.89. The normalized spacial score (nSPS) is 11.6. The van der Waals surface area contributed by atoms with Gasteiger partial charge in [-0.25, -0.2) is 0 Å². The van der Waals surface area contributed by atoms with Crippen LogP contribution in [0.5, 0.6) is 0 Å². The molecule has 4 heterocycles. The lowest BCUT2D eigenvalue weighted by Gasteiger charge is -2.03. The predicted molar refractivity (Wildman–Crippen MR) is 117 cm³/mol. The monoisotopic (exact) mass is 394 g/mol. The van der Waals surface area contributed by atoms with E-state index in [1.807, 2.05) is 30.3 Å². The number of rotatable bonds is 4. The van der Waals surface area contributed by atoms with Gasteiger partial charge < -0.3 is 14.4 Å². The number of aromatic nitrogens is 5. The largest absolute Gasteiger partial charge is 0.356 e. The number of aromatic amines is 1. The van der Waals surface area contributed by atoms with Gasteiger partial charge in [-0.3, -0.25) is 10.1 Å². The molecule has 0 saturated carbocycles. The van der Waals surface area contributed by atoms with E-state index in [-0.39, 0.29) is 0 Å². The molecule has 146 valence electrons. The minimum absolute atomic E-state index is 0.681. The zero-order valence-corrected chi connectivity index (χ0v) is 16.3. The molecule has 2 N–H and O–H groups in total. The quantitative estimate of drug-likeness (QED) is 0.443. The lowest BCUT2D eigenvalue weighted by molar-refractivity contribution is 0.448. The van der Waals surface area contributed by atoms with Gasteiger partial charge in [-0.2, -0.15) is 5.10 Å². The lowest BCUT2D eigenvalue weighted by Crippen LogP contribution is -1.92. The van der Waals surface area contributed by atoms with E-state index in [1.54, 1.807) is 6.20 Å². The summed E-state index contributed by atoms with van der Waals surface area (Å²) in [4.78, 5) is 4.38. The van der Waals surface area contributed by atoms with Crippen LogP contribution < -0.4 is 5.32 Å². The van der Waals surface area contributed by atoms with Crippen molar-refractivity contribution < 1.29 is 4.52 Å². The van der Waals surface area contributed by atoms with Crippen molar-refractivity contribution in [2.45, 2.75) is 6.42 Å². The van der Waals surface area contributed by atoms with E-state index in [2.05, 4.69) is 67.7 Å². The number of benzene rings is 2. The molecule has 0 amide bonds. The van der Waals surface area contributed by atoms with Crippen molar-refractivity contribution in [1.82, 2.24) is 24.9 Å². The summed E-state index contributed by atoms with van der Waals surface area (Å²) in [6, 6.07) is 18.4. The van der Waals surface area contributed by atoms with Crippen LogP contribution in [0, 0.1) is 0 Å². The second-order valence-electron chi connectivity index (χ2n) is 7.43. The summed E-state index contributed by atoms with van der Waals surface area (Å²) in [6.45, 7) is 0. The number of fused-ring (bicyclic) bond motifs is 3. The highest BCUT2D eigenvalue weighted by Crippen LogP contribution is 2.28. The number of nitrogens with one attached hydrogen (secondary N) is 2. The van der Waals surface area contributed by atoms with E-state index in [4.69, 9.17) is 4.52 Å². The molecule has 0 fully saturated rings. The van der Waals surface area contributed by atoms with Crippen molar-refractivity contribution in [1.29, 1.82) is 0 Å².